The monoisotopic (exact) mass is 257 g/mol. The Hall–Kier alpha value is -0.770. The molecule has 0 aromatic heterocycles. The van der Waals surface area contributed by atoms with Crippen molar-refractivity contribution in [2.24, 2.45) is 5.92 Å². The van der Waals surface area contributed by atoms with Gasteiger partial charge >= 0.3 is 6.09 Å². The van der Waals surface area contributed by atoms with Gasteiger partial charge in [0.25, 0.3) is 0 Å². The summed E-state index contributed by atoms with van der Waals surface area (Å²) in [4.78, 5) is 12.8. The number of hydrogen-bond donors (Lipinski definition) is 2. The molecule has 0 aromatic carbocycles. The Bertz CT molecular complexity index is 267. The summed E-state index contributed by atoms with van der Waals surface area (Å²) >= 11 is 0. The van der Waals surface area contributed by atoms with Crippen molar-refractivity contribution < 1.29 is 15.0 Å². The first-order chi connectivity index (χ1) is 8.36. The Kier molecular flexibility index (Phi) is 5.45. The van der Waals surface area contributed by atoms with Crippen molar-refractivity contribution >= 4 is 6.09 Å². The summed E-state index contributed by atoms with van der Waals surface area (Å²) in [7, 11) is 0. The molecule has 0 radical (unpaired) electrons. The van der Waals surface area contributed by atoms with Crippen molar-refractivity contribution in [1.82, 2.24) is 4.90 Å². The zero-order valence-corrected chi connectivity index (χ0v) is 11.9. The van der Waals surface area contributed by atoms with Crippen molar-refractivity contribution in [1.29, 1.82) is 0 Å². The van der Waals surface area contributed by atoms with Crippen molar-refractivity contribution in [2.45, 2.75) is 70.9 Å². The van der Waals surface area contributed by atoms with Crippen LogP contribution < -0.4 is 0 Å². The highest BCUT2D eigenvalue weighted by Gasteiger charge is 2.34. The molecule has 2 N–H and O–H groups in total. The lowest BCUT2D eigenvalue weighted by Crippen LogP contribution is -2.53. The molecule has 0 heterocycles. The molecule has 1 fully saturated rings. The molecular weight excluding hydrogens is 230 g/mol. The summed E-state index contributed by atoms with van der Waals surface area (Å²) in [5.74, 6) is 0.570. The Morgan fingerprint density at radius 3 is 2.22 bits per heavy atom. The number of hydrogen-bond acceptors (Lipinski definition) is 2. The molecule has 18 heavy (non-hydrogen) atoms. The molecule has 1 aliphatic carbocycles. The van der Waals surface area contributed by atoms with Crippen molar-refractivity contribution in [3.05, 3.63) is 0 Å². The fourth-order valence-electron chi connectivity index (χ4n) is 3.06. The van der Waals surface area contributed by atoms with Crippen molar-refractivity contribution in [2.75, 3.05) is 6.61 Å². The van der Waals surface area contributed by atoms with Gasteiger partial charge < -0.3 is 10.2 Å². The molecule has 0 saturated heterocycles. The zero-order valence-electron chi connectivity index (χ0n) is 11.9. The summed E-state index contributed by atoms with van der Waals surface area (Å²) in [5, 5.41) is 18.9. The van der Waals surface area contributed by atoms with Crippen molar-refractivity contribution in [3.8, 4) is 0 Å². The molecule has 106 valence electrons. The van der Waals surface area contributed by atoms with Crippen LogP contribution in [-0.4, -0.2) is 39.4 Å². The minimum Gasteiger partial charge on any atom is -0.465 e. The van der Waals surface area contributed by atoms with Crippen LogP contribution in [-0.2, 0) is 0 Å². The molecule has 1 amide bonds. The van der Waals surface area contributed by atoms with E-state index in [4.69, 9.17) is 0 Å². The Labute approximate surface area is 110 Å². The molecule has 1 aliphatic rings. The second-order valence-electron chi connectivity index (χ2n) is 6.40. The van der Waals surface area contributed by atoms with Crippen LogP contribution in [0.2, 0.25) is 0 Å². The molecule has 1 atom stereocenters. The maximum atomic E-state index is 11.4. The largest absolute Gasteiger partial charge is 0.465 e. The van der Waals surface area contributed by atoms with Crippen LogP contribution in [0, 0.1) is 5.92 Å². The number of aliphatic hydroxyl groups is 1. The molecule has 4 nitrogen and oxygen atoms in total. The van der Waals surface area contributed by atoms with Gasteiger partial charge in [-0.05, 0) is 33.1 Å². The van der Waals surface area contributed by atoms with E-state index >= 15 is 0 Å². The van der Waals surface area contributed by atoms with Gasteiger partial charge in [0.15, 0.2) is 0 Å². The number of amides is 1. The fraction of sp³-hybridized carbons (Fsp3) is 0.929. The second kappa shape index (κ2) is 6.41. The molecular formula is C14H27NO3. The summed E-state index contributed by atoms with van der Waals surface area (Å²) in [6.07, 6.45) is 5.98. The van der Waals surface area contributed by atoms with Crippen LogP contribution in [0.5, 0.6) is 0 Å². The maximum Gasteiger partial charge on any atom is 0.408 e. The number of carboxylic acid groups (broad SMARTS) is 1. The first-order valence-electron chi connectivity index (χ1n) is 6.99. The first kappa shape index (κ1) is 15.3. The number of nitrogens with zero attached hydrogens (tertiary/aromatic N) is 1. The van der Waals surface area contributed by atoms with E-state index < -0.39 is 11.6 Å². The molecule has 0 aliphatic heterocycles. The lowest BCUT2D eigenvalue weighted by Gasteiger charge is -2.40. The van der Waals surface area contributed by atoms with Gasteiger partial charge in [0, 0.05) is 5.54 Å². The summed E-state index contributed by atoms with van der Waals surface area (Å²) < 4.78 is 0. The van der Waals surface area contributed by atoms with Gasteiger partial charge in [-0.25, -0.2) is 4.79 Å². The van der Waals surface area contributed by atoms with E-state index in [9.17, 15) is 15.0 Å². The van der Waals surface area contributed by atoms with Crippen LogP contribution in [0.1, 0.15) is 59.3 Å². The van der Waals surface area contributed by atoms with E-state index in [1.54, 1.807) is 0 Å². The average Bonchev–Trinajstić information content (AvgIpc) is 2.27. The maximum absolute atomic E-state index is 11.4. The molecule has 4 heteroatoms. The van der Waals surface area contributed by atoms with Crippen LogP contribution in [0.4, 0.5) is 4.79 Å². The van der Waals surface area contributed by atoms with Crippen LogP contribution >= 0.6 is 0 Å². The van der Waals surface area contributed by atoms with Crippen LogP contribution in [0.15, 0.2) is 0 Å². The van der Waals surface area contributed by atoms with Gasteiger partial charge in [-0.2, -0.15) is 0 Å². The average molecular weight is 257 g/mol. The third kappa shape index (κ3) is 4.16. The topological polar surface area (TPSA) is 60.8 Å². The van der Waals surface area contributed by atoms with E-state index in [-0.39, 0.29) is 12.6 Å². The van der Waals surface area contributed by atoms with Gasteiger partial charge in [0.05, 0.1) is 12.6 Å². The molecule has 0 spiro atoms. The van der Waals surface area contributed by atoms with E-state index in [1.165, 1.54) is 37.0 Å². The van der Waals surface area contributed by atoms with E-state index in [0.717, 1.165) is 6.42 Å². The standard InChI is InChI=1S/C14H27NO3/c1-14(2,3)15(13(17)18)12(10-16)9-11-7-5-4-6-8-11/h11-12,16H,4-10H2,1-3H3,(H,17,18)/t12-/m0/s1. The third-order valence-corrected chi connectivity index (χ3v) is 3.83. The minimum absolute atomic E-state index is 0.0833. The predicted molar refractivity (Wildman–Crippen MR) is 71.7 cm³/mol. The summed E-state index contributed by atoms with van der Waals surface area (Å²) in [6.45, 7) is 5.56. The summed E-state index contributed by atoms with van der Waals surface area (Å²) in [5.41, 5.74) is -0.464. The summed E-state index contributed by atoms with van der Waals surface area (Å²) in [6, 6.07) is -0.273. The highest BCUT2D eigenvalue weighted by molar-refractivity contribution is 5.66. The predicted octanol–water partition coefficient (Wildman–Crippen LogP) is 3.10. The first-order valence-corrected chi connectivity index (χ1v) is 6.99. The zero-order chi connectivity index (χ0) is 13.8. The molecule has 0 bridgehead atoms. The second-order valence-corrected chi connectivity index (χ2v) is 6.40. The molecule has 1 rings (SSSR count). The van der Waals surface area contributed by atoms with Gasteiger partial charge in [-0.15, -0.1) is 0 Å². The Morgan fingerprint density at radius 2 is 1.83 bits per heavy atom. The van der Waals surface area contributed by atoms with Gasteiger partial charge in [-0.1, -0.05) is 32.1 Å². The number of rotatable bonds is 4. The smallest absolute Gasteiger partial charge is 0.408 e. The fourth-order valence-corrected chi connectivity index (χ4v) is 3.06. The highest BCUT2D eigenvalue weighted by atomic mass is 16.4. The Morgan fingerprint density at radius 1 is 1.28 bits per heavy atom. The van der Waals surface area contributed by atoms with E-state index in [2.05, 4.69) is 0 Å². The number of aliphatic hydroxyl groups excluding tert-OH is 1. The number of carbonyl (C=O) groups is 1. The SMILES string of the molecule is CC(C)(C)N(C(=O)O)[C@H](CO)CC1CCCCC1. The lowest BCUT2D eigenvalue weighted by atomic mass is 9.84. The third-order valence-electron chi connectivity index (χ3n) is 3.83. The quantitative estimate of drug-likeness (QED) is 0.813. The van der Waals surface area contributed by atoms with Gasteiger partial charge in [0.2, 0.25) is 0 Å². The Balaban J connectivity index is 2.69. The van der Waals surface area contributed by atoms with Crippen LogP contribution in [0.25, 0.3) is 0 Å². The normalized spacial score (nSPS) is 19.6. The van der Waals surface area contributed by atoms with E-state index in [0.29, 0.717) is 5.92 Å². The van der Waals surface area contributed by atoms with E-state index in [1.807, 2.05) is 20.8 Å². The lowest BCUT2D eigenvalue weighted by molar-refractivity contribution is 0.0341. The van der Waals surface area contributed by atoms with Gasteiger partial charge in [0.1, 0.15) is 0 Å². The molecule has 0 unspecified atom stereocenters. The van der Waals surface area contributed by atoms with Crippen molar-refractivity contribution in [3.63, 3.8) is 0 Å². The van der Waals surface area contributed by atoms with Gasteiger partial charge in [-0.3, -0.25) is 4.90 Å². The highest BCUT2D eigenvalue weighted by Crippen LogP contribution is 2.30. The minimum atomic E-state index is -0.933. The molecule has 1 saturated carbocycles. The molecule has 0 aromatic rings. The van der Waals surface area contributed by atoms with Crippen LogP contribution in [0.3, 0.4) is 0 Å².